The van der Waals surface area contributed by atoms with E-state index < -0.39 is 0 Å². The smallest absolute Gasteiger partial charge is 0.272 e. The van der Waals surface area contributed by atoms with Crippen LogP contribution in [0.5, 0.6) is 0 Å². The second kappa shape index (κ2) is 7.28. The standard InChI is InChI=1S/C14H26N4O2/c1-6-10-12(15)13(18(5)17-10)14(19)16-11(9(3)4)8-20-7-2/h9,11H,6-8,15H2,1-5H3,(H,16,19). The Balaban J connectivity index is 2.86. The molecule has 1 aromatic heterocycles. The molecular weight excluding hydrogens is 256 g/mol. The summed E-state index contributed by atoms with van der Waals surface area (Å²) in [4.78, 5) is 12.4. The topological polar surface area (TPSA) is 82.2 Å². The summed E-state index contributed by atoms with van der Waals surface area (Å²) in [5.74, 6) is 0.0844. The van der Waals surface area contributed by atoms with E-state index in [2.05, 4.69) is 10.4 Å². The van der Waals surface area contributed by atoms with Crippen LogP contribution in [0.3, 0.4) is 0 Å². The van der Waals surface area contributed by atoms with Crippen molar-refractivity contribution in [2.24, 2.45) is 13.0 Å². The van der Waals surface area contributed by atoms with Crippen molar-refractivity contribution in [1.29, 1.82) is 0 Å². The molecule has 114 valence electrons. The van der Waals surface area contributed by atoms with Crippen molar-refractivity contribution in [3.05, 3.63) is 11.4 Å². The van der Waals surface area contributed by atoms with Crippen LogP contribution in [0.4, 0.5) is 5.69 Å². The Bertz CT molecular complexity index is 454. The van der Waals surface area contributed by atoms with Crippen LogP contribution in [0.15, 0.2) is 0 Å². The predicted octanol–water partition coefficient (Wildman–Crippen LogP) is 1.36. The van der Waals surface area contributed by atoms with Crippen LogP contribution in [0.25, 0.3) is 0 Å². The molecule has 0 aliphatic heterocycles. The summed E-state index contributed by atoms with van der Waals surface area (Å²) in [5, 5.41) is 7.25. The molecule has 0 aliphatic carbocycles. The molecular formula is C14H26N4O2. The number of rotatable bonds is 7. The zero-order chi connectivity index (χ0) is 15.3. The lowest BCUT2D eigenvalue weighted by Gasteiger charge is -2.22. The van der Waals surface area contributed by atoms with E-state index in [1.807, 2.05) is 27.7 Å². The molecule has 6 heteroatoms. The zero-order valence-corrected chi connectivity index (χ0v) is 13.1. The van der Waals surface area contributed by atoms with Gasteiger partial charge < -0.3 is 15.8 Å². The molecule has 6 nitrogen and oxygen atoms in total. The van der Waals surface area contributed by atoms with Gasteiger partial charge in [0.1, 0.15) is 5.69 Å². The Kier molecular flexibility index (Phi) is 6.01. The van der Waals surface area contributed by atoms with Crippen LogP contribution in [-0.4, -0.2) is 34.9 Å². The summed E-state index contributed by atoms with van der Waals surface area (Å²) >= 11 is 0. The minimum absolute atomic E-state index is 0.0400. The lowest BCUT2D eigenvalue weighted by molar-refractivity contribution is 0.0799. The van der Waals surface area contributed by atoms with Gasteiger partial charge >= 0.3 is 0 Å². The van der Waals surface area contributed by atoms with E-state index in [0.717, 1.165) is 5.69 Å². The van der Waals surface area contributed by atoms with E-state index in [1.165, 1.54) is 0 Å². The number of anilines is 1. The van der Waals surface area contributed by atoms with E-state index in [9.17, 15) is 4.79 Å². The highest BCUT2D eigenvalue weighted by Gasteiger charge is 2.23. The van der Waals surface area contributed by atoms with Gasteiger partial charge in [-0.1, -0.05) is 20.8 Å². The highest BCUT2D eigenvalue weighted by molar-refractivity contribution is 5.98. The molecule has 1 heterocycles. The van der Waals surface area contributed by atoms with Crippen molar-refractivity contribution < 1.29 is 9.53 Å². The highest BCUT2D eigenvalue weighted by atomic mass is 16.5. The number of aryl methyl sites for hydroxylation is 2. The maximum absolute atomic E-state index is 12.4. The first-order valence-electron chi connectivity index (χ1n) is 7.12. The number of amides is 1. The largest absolute Gasteiger partial charge is 0.395 e. The number of hydrogen-bond donors (Lipinski definition) is 2. The van der Waals surface area contributed by atoms with Crippen molar-refractivity contribution in [3.63, 3.8) is 0 Å². The quantitative estimate of drug-likeness (QED) is 0.791. The average molecular weight is 282 g/mol. The van der Waals surface area contributed by atoms with Gasteiger partial charge in [-0.25, -0.2) is 0 Å². The maximum Gasteiger partial charge on any atom is 0.272 e. The number of nitrogens with one attached hydrogen (secondary N) is 1. The second-order valence-corrected chi connectivity index (χ2v) is 5.17. The molecule has 0 bridgehead atoms. The molecule has 0 spiro atoms. The van der Waals surface area contributed by atoms with Gasteiger partial charge in [-0.15, -0.1) is 0 Å². The van der Waals surface area contributed by atoms with Crippen LogP contribution < -0.4 is 11.1 Å². The van der Waals surface area contributed by atoms with Gasteiger partial charge in [0, 0.05) is 13.7 Å². The Morgan fingerprint density at radius 1 is 1.45 bits per heavy atom. The minimum atomic E-state index is -0.199. The summed E-state index contributed by atoms with van der Waals surface area (Å²) in [7, 11) is 1.73. The van der Waals surface area contributed by atoms with Gasteiger partial charge in [0.25, 0.3) is 5.91 Å². The first-order valence-corrected chi connectivity index (χ1v) is 7.12. The highest BCUT2D eigenvalue weighted by Crippen LogP contribution is 2.17. The molecule has 0 aromatic carbocycles. The third-order valence-corrected chi connectivity index (χ3v) is 3.33. The molecule has 1 unspecified atom stereocenters. The molecule has 0 saturated carbocycles. The molecule has 20 heavy (non-hydrogen) atoms. The van der Waals surface area contributed by atoms with Crippen molar-refractivity contribution in [1.82, 2.24) is 15.1 Å². The zero-order valence-electron chi connectivity index (χ0n) is 13.1. The molecule has 1 amide bonds. The summed E-state index contributed by atoms with van der Waals surface area (Å²) < 4.78 is 6.96. The third-order valence-electron chi connectivity index (χ3n) is 3.33. The Hall–Kier alpha value is -1.56. The lowest BCUT2D eigenvalue weighted by Crippen LogP contribution is -2.42. The van der Waals surface area contributed by atoms with Gasteiger partial charge in [0.2, 0.25) is 0 Å². The number of carbonyl (C=O) groups excluding carboxylic acids is 1. The number of aromatic nitrogens is 2. The molecule has 3 N–H and O–H groups in total. The average Bonchev–Trinajstić information content (AvgIpc) is 2.68. The number of nitrogen functional groups attached to an aromatic ring is 1. The Morgan fingerprint density at radius 2 is 2.10 bits per heavy atom. The molecule has 1 rings (SSSR count). The fraction of sp³-hybridized carbons (Fsp3) is 0.714. The SMILES string of the molecule is CCOCC(NC(=O)c1c(N)c(CC)nn1C)C(C)C. The Labute approximate surface area is 120 Å². The summed E-state index contributed by atoms with van der Waals surface area (Å²) in [5.41, 5.74) is 7.63. The van der Waals surface area contributed by atoms with Crippen LogP contribution in [-0.2, 0) is 18.2 Å². The predicted molar refractivity (Wildman–Crippen MR) is 79.6 cm³/mol. The molecule has 1 atom stereocenters. The fourth-order valence-corrected chi connectivity index (χ4v) is 2.01. The van der Waals surface area contributed by atoms with Gasteiger partial charge in [-0.05, 0) is 19.3 Å². The van der Waals surface area contributed by atoms with Gasteiger partial charge in [0.05, 0.1) is 24.0 Å². The van der Waals surface area contributed by atoms with E-state index in [-0.39, 0.29) is 17.9 Å². The van der Waals surface area contributed by atoms with Crippen LogP contribution in [0.1, 0.15) is 43.9 Å². The first-order chi connectivity index (χ1) is 9.42. The van der Waals surface area contributed by atoms with Crippen molar-refractivity contribution in [2.75, 3.05) is 18.9 Å². The minimum Gasteiger partial charge on any atom is -0.395 e. The fourth-order valence-electron chi connectivity index (χ4n) is 2.01. The normalized spacial score (nSPS) is 12.7. The number of nitrogens with two attached hydrogens (primary N) is 1. The van der Waals surface area contributed by atoms with Crippen LogP contribution in [0.2, 0.25) is 0 Å². The van der Waals surface area contributed by atoms with Crippen LogP contribution in [0, 0.1) is 5.92 Å². The van der Waals surface area contributed by atoms with E-state index >= 15 is 0 Å². The number of carbonyl (C=O) groups is 1. The van der Waals surface area contributed by atoms with Crippen molar-refractivity contribution in [3.8, 4) is 0 Å². The van der Waals surface area contributed by atoms with E-state index in [4.69, 9.17) is 10.5 Å². The number of nitrogens with zero attached hydrogens (tertiary/aromatic N) is 2. The number of hydrogen-bond acceptors (Lipinski definition) is 4. The van der Waals surface area contributed by atoms with Crippen molar-refractivity contribution >= 4 is 11.6 Å². The number of ether oxygens (including phenoxy) is 1. The molecule has 0 aliphatic rings. The van der Waals surface area contributed by atoms with Gasteiger partial charge in [0.15, 0.2) is 0 Å². The molecule has 0 saturated heterocycles. The Morgan fingerprint density at radius 3 is 2.55 bits per heavy atom. The molecule has 0 fully saturated rings. The van der Waals surface area contributed by atoms with Crippen molar-refractivity contribution in [2.45, 2.75) is 40.2 Å². The first kappa shape index (κ1) is 16.5. The van der Waals surface area contributed by atoms with Gasteiger partial charge in [-0.2, -0.15) is 5.10 Å². The second-order valence-electron chi connectivity index (χ2n) is 5.17. The maximum atomic E-state index is 12.4. The van der Waals surface area contributed by atoms with Crippen LogP contribution >= 0.6 is 0 Å². The molecule has 0 radical (unpaired) electrons. The summed E-state index contributed by atoms with van der Waals surface area (Å²) in [6.45, 7) is 9.13. The summed E-state index contributed by atoms with van der Waals surface area (Å²) in [6.07, 6.45) is 0.708. The van der Waals surface area contributed by atoms with E-state index in [1.54, 1.807) is 11.7 Å². The summed E-state index contributed by atoms with van der Waals surface area (Å²) in [6, 6.07) is -0.0400. The van der Waals surface area contributed by atoms with E-state index in [0.29, 0.717) is 31.0 Å². The molecule has 1 aromatic rings. The lowest BCUT2D eigenvalue weighted by atomic mass is 10.1. The van der Waals surface area contributed by atoms with Gasteiger partial charge in [-0.3, -0.25) is 9.48 Å². The third kappa shape index (κ3) is 3.72. The monoisotopic (exact) mass is 282 g/mol.